The highest BCUT2D eigenvalue weighted by Crippen LogP contribution is 2.28. The first-order chi connectivity index (χ1) is 14.7. The number of hydrogen-bond acceptors (Lipinski definition) is 6. The molecular formula is C23H24N5O2+. The zero-order valence-corrected chi connectivity index (χ0v) is 16.9. The third-order valence-electron chi connectivity index (χ3n) is 5.36. The minimum Gasteiger partial charge on any atom is -0.460 e. The molecule has 1 aliphatic rings. The van der Waals surface area contributed by atoms with Gasteiger partial charge < -0.3 is 14.5 Å². The molecule has 7 nitrogen and oxygen atoms in total. The number of rotatable bonds is 5. The maximum Gasteiger partial charge on any atom is 0.330 e. The van der Waals surface area contributed by atoms with E-state index < -0.39 is 11.9 Å². The number of nitrogens with zero attached hydrogens (tertiary/aromatic N) is 4. The summed E-state index contributed by atoms with van der Waals surface area (Å²) in [7, 11) is 2.16. The van der Waals surface area contributed by atoms with Crippen molar-refractivity contribution >= 4 is 22.8 Å². The van der Waals surface area contributed by atoms with Crippen LogP contribution in [0.1, 0.15) is 17.2 Å². The molecule has 0 saturated carbocycles. The van der Waals surface area contributed by atoms with Gasteiger partial charge in [-0.15, -0.1) is 0 Å². The Balaban J connectivity index is 1.66. The Bertz CT molecular complexity index is 1070. The zero-order chi connectivity index (χ0) is 20.9. The lowest BCUT2D eigenvalue weighted by Crippen LogP contribution is -3.12. The SMILES string of the molecule is C[NH+]1CCN(c2nc3ccccc3nc2[C@H](C#N)C(=O)OCc2ccccc2)CC1. The Kier molecular flexibility index (Phi) is 5.87. The van der Waals surface area contributed by atoms with E-state index in [-0.39, 0.29) is 6.61 Å². The van der Waals surface area contributed by atoms with E-state index in [1.807, 2.05) is 54.6 Å². The molecule has 0 spiro atoms. The van der Waals surface area contributed by atoms with Crippen molar-refractivity contribution in [2.24, 2.45) is 0 Å². The molecular weight excluding hydrogens is 378 g/mol. The third-order valence-corrected chi connectivity index (χ3v) is 5.36. The summed E-state index contributed by atoms with van der Waals surface area (Å²) in [6, 6.07) is 19.0. The molecule has 30 heavy (non-hydrogen) atoms. The molecule has 0 radical (unpaired) electrons. The predicted molar refractivity (Wildman–Crippen MR) is 113 cm³/mol. The van der Waals surface area contributed by atoms with E-state index in [9.17, 15) is 10.1 Å². The molecule has 0 bridgehead atoms. The maximum absolute atomic E-state index is 12.8. The highest BCUT2D eigenvalue weighted by atomic mass is 16.5. The molecule has 0 amide bonds. The number of nitriles is 1. The fraction of sp³-hybridized carbons (Fsp3) is 0.304. The molecule has 4 rings (SSSR count). The first-order valence-electron chi connectivity index (χ1n) is 10.1. The van der Waals surface area contributed by atoms with Gasteiger partial charge in [-0.05, 0) is 17.7 Å². The van der Waals surface area contributed by atoms with Gasteiger partial charge in [0.1, 0.15) is 12.3 Å². The summed E-state index contributed by atoms with van der Waals surface area (Å²) in [5.41, 5.74) is 2.65. The smallest absolute Gasteiger partial charge is 0.330 e. The first-order valence-corrected chi connectivity index (χ1v) is 10.1. The molecule has 1 aliphatic heterocycles. The van der Waals surface area contributed by atoms with Crippen LogP contribution >= 0.6 is 0 Å². The summed E-state index contributed by atoms with van der Waals surface area (Å²) < 4.78 is 5.46. The number of para-hydroxylation sites is 2. The number of carbonyl (C=O) groups is 1. The molecule has 0 unspecified atom stereocenters. The van der Waals surface area contributed by atoms with Crippen LogP contribution in [-0.2, 0) is 16.1 Å². The Morgan fingerprint density at radius 3 is 2.40 bits per heavy atom. The van der Waals surface area contributed by atoms with Crippen molar-refractivity contribution in [1.29, 1.82) is 5.26 Å². The van der Waals surface area contributed by atoms with Crippen LogP contribution in [0.25, 0.3) is 11.0 Å². The second kappa shape index (κ2) is 8.89. The third kappa shape index (κ3) is 4.24. The van der Waals surface area contributed by atoms with Crippen LogP contribution in [0.5, 0.6) is 0 Å². The Morgan fingerprint density at radius 2 is 1.73 bits per heavy atom. The topological polar surface area (TPSA) is 83.5 Å². The van der Waals surface area contributed by atoms with Gasteiger partial charge in [-0.25, -0.2) is 9.97 Å². The second-order valence-electron chi connectivity index (χ2n) is 7.52. The van der Waals surface area contributed by atoms with E-state index in [0.29, 0.717) is 17.0 Å². The Hall–Kier alpha value is -3.50. The summed E-state index contributed by atoms with van der Waals surface area (Å²) >= 11 is 0. The number of piperazine rings is 1. The van der Waals surface area contributed by atoms with Crippen LogP contribution in [0, 0.1) is 11.3 Å². The van der Waals surface area contributed by atoms with Crippen molar-refractivity contribution in [3.63, 3.8) is 0 Å². The molecule has 7 heteroatoms. The van der Waals surface area contributed by atoms with Crippen LogP contribution in [-0.4, -0.2) is 49.2 Å². The number of likely N-dealkylation sites (N-methyl/N-ethyl adjacent to an activating group) is 1. The number of hydrogen-bond donors (Lipinski definition) is 1. The number of benzene rings is 2. The maximum atomic E-state index is 12.8. The van der Waals surface area contributed by atoms with E-state index in [0.717, 1.165) is 37.3 Å². The van der Waals surface area contributed by atoms with Gasteiger partial charge in [-0.3, -0.25) is 4.79 Å². The highest BCUT2D eigenvalue weighted by molar-refractivity contribution is 5.85. The van der Waals surface area contributed by atoms with Crippen molar-refractivity contribution in [1.82, 2.24) is 9.97 Å². The first kappa shape index (κ1) is 19.8. The molecule has 1 N–H and O–H groups in total. The molecule has 1 aromatic heterocycles. The average Bonchev–Trinajstić information content (AvgIpc) is 2.79. The van der Waals surface area contributed by atoms with Crippen LogP contribution in [0.2, 0.25) is 0 Å². The van der Waals surface area contributed by atoms with E-state index in [1.165, 1.54) is 4.90 Å². The zero-order valence-electron chi connectivity index (χ0n) is 16.9. The summed E-state index contributed by atoms with van der Waals surface area (Å²) in [6.07, 6.45) is 0. The van der Waals surface area contributed by atoms with Crippen LogP contribution in [0.15, 0.2) is 54.6 Å². The predicted octanol–water partition coefficient (Wildman–Crippen LogP) is 1.32. The van der Waals surface area contributed by atoms with Crippen molar-refractivity contribution in [3.8, 4) is 6.07 Å². The standard InChI is InChI=1S/C23H23N5O2/c1-27-11-13-28(14-12-27)22-21(25-19-9-5-6-10-20(19)26-22)18(15-24)23(29)30-16-17-7-3-2-4-8-17/h2-10,18H,11-14,16H2,1H3/p+1/t18-/m0/s1. The summed E-state index contributed by atoms with van der Waals surface area (Å²) in [5.74, 6) is -1.14. The van der Waals surface area contributed by atoms with Gasteiger partial charge in [0, 0.05) is 0 Å². The van der Waals surface area contributed by atoms with E-state index in [2.05, 4.69) is 23.0 Å². The molecule has 152 valence electrons. The van der Waals surface area contributed by atoms with Gasteiger partial charge in [-0.2, -0.15) is 5.26 Å². The van der Waals surface area contributed by atoms with Crippen molar-refractivity contribution < 1.29 is 14.4 Å². The molecule has 2 heterocycles. The Labute approximate surface area is 175 Å². The van der Waals surface area contributed by atoms with Crippen LogP contribution < -0.4 is 9.80 Å². The molecule has 1 saturated heterocycles. The highest BCUT2D eigenvalue weighted by Gasteiger charge is 2.31. The molecule has 0 aliphatic carbocycles. The summed E-state index contributed by atoms with van der Waals surface area (Å²) in [4.78, 5) is 25.9. The number of carbonyl (C=O) groups excluding carboxylic acids is 1. The summed E-state index contributed by atoms with van der Waals surface area (Å²) in [6.45, 7) is 3.63. The van der Waals surface area contributed by atoms with Gasteiger partial charge in [0.05, 0.1) is 50.3 Å². The lowest BCUT2D eigenvalue weighted by molar-refractivity contribution is -0.880. The fourth-order valence-corrected chi connectivity index (χ4v) is 3.57. The number of aromatic nitrogens is 2. The van der Waals surface area contributed by atoms with Gasteiger partial charge in [-0.1, -0.05) is 42.5 Å². The average molecular weight is 402 g/mol. The van der Waals surface area contributed by atoms with E-state index in [4.69, 9.17) is 9.72 Å². The number of quaternary nitrogens is 1. The monoisotopic (exact) mass is 402 g/mol. The largest absolute Gasteiger partial charge is 0.460 e. The minimum absolute atomic E-state index is 0.117. The second-order valence-corrected chi connectivity index (χ2v) is 7.52. The van der Waals surface area contributed by atoms with Crippen LogP contribution in [0.4, 0.5) is 5.82 Å². The Morgan fingerprint density at radius 1 is 1.10 bits per heavy atom. The normalized spacial score (nSPS) is 15.5. The van der Waals surface area contributed by atoms with E-state index in [1.54, 1.807) is 0 Å². The van der Waals surface area contributed by atoms with Crippen molar-refractivity contribution in [2.75, 3.05) is 38.1 Å². The quantitative estimate of drug-likeness (QED) is 0.648. The lowest BCUT2D eigenvalue weighted by Gasteiger charge is -2.32. The summed E-state index contributed by atoms with van der Waals surface area (Å²) in [5, 5.41) is 9.84. The number of nitrogens with one attached hydrogen (secondary N) is 1. The molecule has 3 aromatic rings. The van der Waals surface area contributed by atoms with Crippen molar-refractivity contribution in [2.45, 2.75) is 12.5 Å². The number of fused-ring (bicyclic) bond motifs is 1. The lowest BCUT2D eigenvalue weighted by atomic mass is 10.1. The van der Waals surface area contributed by atoms with Crippen LogP contribution in [0.3, 0.4) is 0 Å². The van der Waals surface area contributed by atoms with E-state index >= 15 is 0 Å². The minimum atomic E-state index is -1.13. The molecule has 1 atom stereocenters. The van der Waals surface area contributed by atoms with Gasteiger partial charge >= 0.3 is 5.97 Å². The molecule has 2 aromatic carbocycles. The number of esters is 1. The number of ether oxygens (including phenoxy) is 1. The van der Waals surface area contributed by atoms with Crippen molar-refractivity contribution in [3.05, 3.63) is 65.9 Å². The van der Waals surface area contributed by atoms with Gasteiger partial charge in [0.2, 0.25) is 0 Å². The number of anilines is 1. The molecule has 1 fully saturated rings. The fourth-order valence-electron chi connectivity index (χ4n) is 3.57. The van der Waals surface area contributed by atoms with Gasteiger partial charge in [0.25, 0.3) is 0 Å². The van der Waals surface area contributed by atoms with Gasteiger partial charge in [0.15, 0.2) is 11.7 Å².